The van der Waals surface area contributed by atoms with Crippen molar-refractivity contribution >= 4 is 50.5 Å². The highest BCUT2D eigenvalue weighted by atomic mass is 79.9. The van der Waals surface area contributed by atoms with Gasteiger partial charge in [-0.15, -0.1) is 22.9 Å². The van der Waals surface area contributed by atoms with Crippen molar-refractivity contribution in [2.45, 2.75) is 18.7 Å². The van der Waals surface area contributed by atoms with Gasteiger partial charge in [-0.3, -0.25) is 0 Å². The summed E-state index contributed by atoms with van der Waals surface area (Å²) in [5.41, 5.74) is 2.33. The van der Waals surface area contributed by atoms with E-state index < -0.39 is 0 Å². The molecule has 0 saturated carbocycles. The number of alkyl halides is 1. The Kier molecular flexibility index (Phi) is 4.53. The van der Waals surface area contributed by atoms with Crippen LogP contribution in [0.25, 0.3) is 0 Å². The third kappa shape index (κ3) is 3.47. The molecule has 0 N–H and O–H groups in total. The van der Waals surface area contributed by atoms with Gasteiger partial charge in [-0.25, -0.2) is 0 Å². The smallest absolute Gasteiger partial charge is 0.0960 e. The van der Waals surface area contributed by atoms with Crippen molar-refractivity contribution in [2.24, 2.45) is 0 Å². The van der Waals surface area contributed by atoms with Crippen LogP contribution in [0.2, 0.25) is 4.34 Å². The number of thiophene rings is 1. The summed E-state index contributed by atoms with van der Waals surface area (Å²) < 4.78 is 1.92. The molecule has 0 aliphatic heterocycles. The molecule has 1 heterocycles. The van der Waals surface area contributed by atoms with Crippen LogP contribution >= 0.6 is 50.5 Å². The van der Waals surface area contributed by atoms with Crippen molar-refractivity contribution < 1.29 is 0 Å². The highest BCUT2D eigenvalue weighted by Crippen LogP contribution is 2.35. The number of hydrogen-bond donors (Lipinski definition) is 0. The normalized spacial score (nSPS) is 12.7. The summed E-state index contributed by atoms with van der Waals surface area (Å²) in [7, 11) is 0. The minimum atomic E-state index is -0.0134. The second kappa shape index (κ2) is 5.75. The van der Waals surface area contributed by atoms with Crippen molar-refractivity contribution in [1.29, 1.82) is 0 Å². The van der Waals surface area contributed by atoms with Crippen LogP contribution in [0.1, 0.15) is 21.4 Å². The molecule has 2 aromatic rings. The van der Waals surface area contributed by atoms with Crippen molar-refractivity contribution in [2.75, 3.05) is 0 Å². The van der Waals surface area contributed by atoms with Crippen molar-refractivity contribution in [3.63, 3.8) is 0 Å². The molecule has 90 valence electrons. The van der Waals surface area contributed by atoms with Crippen LogP contribution < -0.4 is 0 Å². The molecular formula is C13H11BrCl2S. The topological polar surface area (TPSA) is 0 Å². The molecule has 0 saturated heterocycles. The Morgan fingerprint density at radius 1 is 1.35 bits per heavy atom. The third-order valence-electron chi connectivity index (χ3n) is 2.49. The van der Waals surface area contributed by atoms with E-state index in [2.05, 4.69) is 34.1 Å². The van der Waals surface area contributed by atoms with E-state index in [0.717, 1.165) is 25.7 Å². The fourth-order valence-corrected chi connectivity index (χ4v) is 3.63. The summed E-state index contributed by atoms with van der Waals surface area (Å²) in [5.74, 6) is 0. The van der Waals surface area contributed by atoms with Crippen LogP contribution in [0.5, 0.6) is 0 Å². The molecule has 0 amide bonds. The average molecular weight is 350 g/mol. The van der Waals surface area contributed by atoms with Crippen molar-refractivity contribution in [1.82, 2.24) is 0 Å². The van der Waals surface area contributed by atoms with Crippen LogP contribution in [-0.2, 0) is 6.42 Å². The number of aryl methyl sites for hydroxylation is 1. The molecule has 17 heavy (non-hydrogen) atoms. The molecule has 1 aromatic heterocycles. The first kappa shape index (κ1) is 13.4. The van der Waals surface area contributed by atoms with Crippen LogP contribution in [0.3, 0.4) is 0 Å². The molecule has 0 bridgehead atoms. The lowest BCUT2D eigenvalue weighted by molar-refractivity contribution is 0.938. The van der Waals surface area contributed by atoms with Crippen LogP contribution in [0.15, 0.2) is 34.8 Å². The van der Waals surface area contributed by atoms with E-state index in [0.29, 0.717) is 0 Å². The minimum Gasteiger partial charge on any atom is -0.127 e. The van der Waals surface area contributed by atoms with Gasteiger partial charge in [0.05, 0.1) is 9.71 Å². The van der Waals surface area contributed by atoms with E-state index in [9.17, 15) is 0 Å². The molecule has 0 radical (unpaired) electrons. The Morgan fingerprint density at radius 3 is 2.71 bits per heavy atom. The Labute approximate surface area is 124 Å². The predicted molar refractivity (Wildman–Crippen MR) is 80.5 cm³/mol. The zero-order valence-electron chi connectivity index (χ0n) is 9.21. The van der Waals surface area contributed by atoms with E-state index in [1.54, 1.807) is 11.3 Å². The van der Waals surface area contributed by atoms with Crippen molar-refractivity contribution in [3.05, 3.63) is 55.1 Å². The molecule has 0 fully saturated rings. The largest absolute Gasteiger partial charge is 0.127 e. The Hall–Kier alpha value is -0.0200. The number of hydrogen-bond acceptors (Lipinski definition) is 1. The van der Waals surface area contributed by atoms with Crippen LogP contribution in [0, 0.1) is 6.92 Å². The van der Waals surface area contributed by atoms with E-state index >= 15 is 0 Å². The molecule has 0 nitrogen and oxygen atoms in total. The fourth-order valence-electron chi connectivity index (χ4n) is 1.61. The monoisotopic (exact) mass is 348 g/mol. The number of benzene rings is 1. The molecule has 0 aliphatic carbocycles. The standard InChI is InChI=1S/C13H11BrCl2S/c1-8-5-12(17-13(8)16)11(15)7-9-3-2-4-10(14)6-9/h2-6,11H,7H2,1H3. The summed E-state index contributed by atoms with van der Waals surface area (Å²) in [5, 5.41) is -0.0134. The second-order valence-corrected chi connectivity index (χ2v) is 7.04. The maximum absolute atomic E-state index is 6.41. The number of halogens is 3. The van der Waals surface area contributed by atoms with Gasteiger partial charge in [0.15, 0.2) is 0 Å². The van der Waals surface area contributed by atoms with Gasteiger partial charge in [-0.2, -0.15) is 0 Å². The Bertz CT molecular complexity index is 502. The van der Waals surface area contributed by atoms with Crippen molar-refractivity contribution in [3.8, 4) is 0 Å². The van der Waals surface area contributed by atoms with Gasteiger partial charge in [0, 0.05) is 9.35 Å². The van der Waals surface area contributed by atoms with Gasteiger partial charge in [0.1, 0.15) is 0 Å². The van der Waals surface area contributed by atoms with Gasteiger partial charge in [0.2, 0.25) is 0 Å². The lowest BCUT2D eigenvalue weighted by atomic mass is 10.1. The highest BCUT2D eigenvalue weighted by molar-refractivity contribution is 9.10. The molecule has 0 aliphatic rings. The van der Waals surface area contributed by atoms with Gasteiger partial charge >= 0.3 is 0 Å². The molecule has 1 atom stereocenters. The lowest BCUT2D eigenvalue weighted by Crippen LogP contribution is -1.93. The summed E-state index contributed by atoms with van der Waals surface area (Å²) in [4.78, 5) is 1.13. The third-order valence-corrected chi connectivity index (χ3v) is 5.17. The zero-order chi connectivity index (χ0) is 12.4. The molecule has 1 unspecified atom stereocenters. The summed E-state index contributed by atoms with van der Waals surface area (Å²) in [6, 6.07) is 10.3. The maximum Gasteiger partial charge on any atom is 0.0960 e. The number of rotatable bonds is 3. The van der Waals surface area contributed by atoms with Gasteiger partial charge in [0.25, 0.3) is 0 Å². The average Bonchev–Trinajstić information content (AvgIpc) is 2.59. The Morgan fingerprint density at radius 2 is 2.12 bits per heavy atom. The SMILES string of the molecule is Cc1cc(C(Cl)Cc2cccc(Br)c2)sc1Cl. The van der Waals surface area contributed by atoms with E-state index in [1.165, 1.54) is 5.56 Å². The summed E-state index contributed by atoms with van der Waals surface area (Å²) >= 11 is 17.5. The molecule has 2 rings (SSSR count). The fraction of sp³-hybridized carbons (Fsp3) is 0.231. The van der Waals surface area contributed by atoms with Gasteiger partial charge < -0.3 is 0 Å². The van der Waals surface area contributed by atoms with E-state index in [4.69, 9.17) is 23.2 Å². The van der Waals surface area contributed by atoms with Crippen LogP contribution in [0.4, 0.5) is 0 Å². The molecule has 0 spiro atoms. The lowest BCUT2D eigenvalue weighted by Gasteiger charge is -2.07. The zero-order valence-corrected chi connectivity index (χ0v) is 13.1. The Balaban J connectivity index is 2.14. The first-order valence-electron chi connectivity index (χ1n) is 5.20. The van der Waals surface area contributed by atoms with Gasteiger partial charge in [-0.1, -0.05) is 39.7 Å². The maximum atomic E-state index is 6.41. The molecule has 4 heteroatoms. The predicted octanol–water partition coefficient (Wildman–Crippen LogP) is 6.00. The molecular weight excluding hydrogens is 339 g/mol. The van der Waals surface area contributed by atoms with Crippen LogP contribution in [-0.4, -0.2) is 0 Å². The van der Waals surface area contributed by atoms with E-state index in [1.807, 2.05) is 19.1 Å². The summed E-state index contributed by atoms with van der Waals surface area (Å²) in [6.45, 7) is 2.01. The quantitative estimate of drug-likeness (QED) is 0.596. The van der Waals surface area contributed by atoms with E-state index in [-0.39, 0.29) is 5.38 Å². The first-order chi connectivity index (χ1) is 8.06. The first-order valence-corrected chi connectivity index (χ1v) is 7.63. The van der Waals surface area contributed by atoms with Gasteiger partial charge in [-0.05, 0) is 42.7 Å². The highest BCUT2D eigenvalue weighted by Gasteiger charge is 2.13. The molecule has 1 aromatic carbocycles. The second-order valence-electron chi connectivity index (χ2n) is 3.91. The summed E-state index contributed by atoms with van der Waals surface area (Å²) in [6.07, 6.45) is 0.817. The minimum absolute atomic E-state index is 0.0134.